The Morgan fingerprint density at radius 2 is 1.93 bits per heavy atom. The first-order valence-corrected chi connectivity index (χ1v) is 10.5. The van der Waals surface area contributed by atoms with Crippen molar-refractivity contribution in [3.05, 3.63) is 57.5 Å². The largest absolute Gasteiger partial charge is 0.432 e. The van der Waals surface area contributed by atoms with Gasteiger partial charge in [0.2, 0.25) is 0 Å². The summed E-state index contributed by atoms with van der Waals surface area (Å²) in [5.74, 6) is 0. The van der Waals surface area contributed by atoms with Crippen molar-refractivity contribution in [1.82, 2.24) is 15.2 Å². The maximum absolute atomic E-state index is 12.8. The maximum Gasteiger partial charge on any atom is 0.432 e. The number of nitrogens with zero attached hydrogens (tertiary/aromatic N) is 2. The van der Waals surface area contributed by atoms with Crippen molar-refractivity contribution in [3.8, 4) is 11.4 Å². The summed E-state index contributed by atoms with van der Waals surface area (Å²) in [6.45, 7) is 2.19. The van der Waals surface area contributed by atoms with Crippen molar-refractivity contribution in [2.45, 2.75) is 57.7 Å². The number of aromatic amines is 1. The first-order valence-electron chi connectivity index (χ1n) is 9.71. The second-order valence-corrected chi connectivity index (χ2v) is 8.25. The van der Waals surface area contributed by atoms with Crippen molar-refractivity contribution < 1.29 is 18.3 Å². The molecule has 2 N–H and O–H groups in total. The number of H-pyrrole nitrogens is 1. The van der Waals surface area contributed by atoms with Gasteiger partial charge in [-0.2, -0.15) is 18.3 Å². The molecule has 3 aromatic rings. The zero-order valence-electron chi connectivity index (χ0n) is 16.2. The van der Waals surface area contributed by atoms with Gasteiger partial charge in [0.25, 0.3) is 0 Å². The van der Waals surface area contributed by atoms with Crippen molar-refractivity contribution in [1.29, 1.82) is 0 Å². The Bertz CT molecular complexity index is 920. The highest BCUT2D eigenvalue weighted by atomic mass is 32.1. The number of aryl methyl sites for hydroxylation is 1. The Morgan fingerprint density at radius 3 is 2.66 bits per heavy atom. The third-order valence-corrected chi connectivity index (χ3v) is 5.93. The summed E-state index contributed by atoms with van der Waals surface area (Å²) in [4.78, 5) is 6.27. The number of aliphatic hydroxyl groups is 1. The molecule has 4 nitrogen and oxygen atoms in total. The van der Waals surface area contributed by atoms with Crippen LogP contribution in [0, 0.1) is 0 Å². The second kappa shape index (κ2) is 9.54. The summed E-state index contributed by atoms with van der Waals surface area (Å²) in [6.07, 6.45) is 2.59. The second-order valence-electron chi connectivity index (χ2n) is 7.05. The molecule has 0 amide bonds. The van der Waals surface area contributed by atoms with Crippen LogP contribution in [0.3, 0.4) is 0 Å². The van der Waals surface area contributed by atoms with E-state index in [1.165, 1.54) is 30.3 Å². The Morgan fingerprint density at radius 1 is 1.10 bits per heavy atom. The van der Waals surface area contributed by atoms with Crippen LogP contribution in [-0.2, 0) is 19.0 Å². The van der Waals surface area contributed by atoms with Gasteiger partial charge in [-0.1, -0.05) is 26.2 Å². The molecule has 0 aliphatic carbocycles. The zero-order chi connectivity index (χ0) is 20.9. The van der Waals surface area contributed by atoms with Crippen LogP contribution >= 0.6 is 11.3 Å². The SMILES string of the molecule is CCCCCCc1ccc(C(O)Cc2ccnc(-c3cc(C(F)(F)F)[nH]n3)c2)s1. The van der Waals surface area contributed by atoms with Crippen molar-refractivity contribution in [2.24, 2.45) is 0 Å². The minimum atomic E-state index is -4.48. The number of unbranched alkanes of at least 4 members (excludes halogenated alkanes) is 3. The smallest absolute Gasteiger partial charge is 0.387 e. The number of thiophene rings is 1. The molecule has 3 heterocycles. The molecule has 29 heavy (non-hydrogen) atoms. The van der Waals surface area contributed by atoms with Gasteiger partial charge in [0.15, 0.2) is 0 Å². The number of nitrogens with one attached hydrogen (secondary N) is 1. The number of alkyl halides is 3. The van der Waals surface area contributed by atoms with Gasteiger partial charge in [-0.05, 0) is 48.7 Å². The van der Waals surface area contributed by atoms with E-state index in [2.05, 4.69) is 23.1 Å². The lowest BCUT2D eigenvalue weighted by molar-refractivity contribution is -0.141. The minimum absolute atomic E-state index is 0.124. The van der Waals surface area contributed by atoms with Gasteiger partial charge in [0.1, 0.15) is 11.4 Å². The quantitative estimate of drug-likeness (QED) is 0.418. The van der Waals surface area contributed by atoms with Gasteiger partial charge in [-0.25, -0.2) is 0 Å². The molecule has 0 aliphatic rings. The lowest BCUT2D eigenvalue weighted by atomic mass is 10.1. The lowest BCUT2D eigenvalue weighted by Gasteiger charge is -2.09. The van der Waals surface area contributed by atoms with Crippen LogP contribution in [0.2, 0.25) is 0 Å². The number of aliphatic hydroxyl groups excluding tert-OH is 1. The molecule has 0 spiro atoms. The first kappa shape index (κ1) is 21.5. The average Bonchev–Trinajstić information content (AvgIpc) is 3.35. The monoisotopic (exact) mass is 423 g/mol. The fraction of sp³-hybridized carbons (Fsp3) is 0.429. The number of pyridine rings is 1. The van der Waals surface area contributed by atoms with Gasteiger partial charge in [0.05, 0.1) is 11.8 Å². The molecule has 1 atom stereocenters. The summed E-state index contributed by atoms with van der Waals surface area (Å²) < 4.78 is 38.3. The van der Waals surface area contributed by atoms with Crippen LogP contribution in [0.4, 0.5) is 13.2 Å². The fourth-order valence-corrected chi connectivity index (χ4v) is 4.14. The van der Waals surface area contributed by atoms with Gasteiger partial charge >= 0.3 is 6.18 Å². The predicted octanol–water partition coefficient (Wildman–Crippen LogP) is 5.95. The summed E-state index contributed by atoms with van der Waals surface area (Å²) in [6, 6.07) is 8.38. The van der Waals surface area contributed by atoms with Gasteiger partial charge in [-0.3, -0.25) is 10.1 Å². The molecular formula is C21H24F3N3OS. The number of rotatable bonds is 9. The number of halogens is 3. The molecule has 0 saturated heterocycles. The number of hydrogen-bond donors (Lipinski definition) is 2. The summed E-state index contributed by atoms with van der Waals surface area (Å²) in [7, 11) is 0. The van der Waals surface area contributed by atoms with Gasteiger partial charge in [-0.15, -0.1) is 11.3 Å². The third kappa shape index (κ3) is 5.90. The van der Waals surface area contributed by atoms with E-state index in [0.29, 0.717) is 12.1 Å². The Balaban J connectivity index is 1.64. The van der Waals surface area contributed by atoms with Gasteiger partial charge in [0, 0.05) is 22.4 Å². The predicted molar refractivity (Wildman–Crippen MR) is 108 cm³/mol. The first-order chi connectivity index (χ1) is 13.9. The van der Waals surface area contributed by atoms with E-state index in [9.17, 15) is 18.3 Å². The summed E-state index contributed by atoms with van der Waals surface area (Å²) >= 11 is 1.62. The van der Waals surface area contributed by atoms with Crippen molar-refractivity contribution >= 4 is 11.3 Å². The van der Waals surface area contributed by atoms with Crippen LogP contribution in [0.15, 0.2) is 36.5 Å². The molecule has 0 fully saturated rings. The van der Waals surface area contributed by atoms with E-state index in [1.807, 2.05) is 11.2 Å². The Hall–Kier alpha value is -2.19. The number of aromatic nitrogens is 3. The molecule has 1 unspecified atom stereocenters. The molecule has 0 saturated carbocycles. The van der Waals surface area contributed by atoms with E-state index in [4.69, 9.17) is 0 Å². The van der Waals surface area contributed by atoms with Crippen molar-refractivity contribution in [2.75, 3.05) is 0 Å². The van der Waals surface area contributed by atoms with Crippen LogP contribution in [-0.4, -0.2) is 20.3 Å². The summed E-state index contributed by atoms with van der Waals surface area (Å²) in [5.41, 5.74) is 0.338. The van der Waals surface area contributed by atoms with E-state index in [-0.39, 0.29) is 5.69 Å². The Kier molecular flexibility index (Phi) is 7.08. The molecule has 3 rings (SSSR count). The van der Waals surface area contributed by atoms with Crippen LogP contribution < -0.4 is 0 Å². The molecule has 8 heteroatoms. The molecule has 0 radical (unpaired) electrons. The normalized spacial score (nSPS) is 13.0. The fourth-order valence-electron chi connectivity index (χ4n) is 3.10. The van der Waals surface area contributed by atoms with Crippen LogP contribution in [0.5, 0.6) is 0 Å². The third-order valence-electron chi connectivity index (χ3n) is 4.69. The highest BCUT2D eigenvalue weighted by Crippen LogP contribution is 2.31. The van der Waals surface area contributed by atoms with Crippen molar-refractivity contribution in [3.63, 3.8) is 0 Å². The van der Waals surface area contributed by atoms with Gasteiger partial charge < -0.3 is 5.11 Å². The molecule has 0 aromatic carbocycles. The topological polar surface area (TPSA) is 61.8 Å². The molecule has 0 aliphatic heterocycles. The standard InChI is InChI=1S/C21H24F3N3OS/c1-2-3-4-5-6-15-7-8-19(29-15)18(28)12-14-9-10-25-16(11-14)17-13-20(27-26-17)21(22,23)24/h7-11,13,18,28H,2-6,12H2,1H3,(H,26,27). The molecule has 156 valence electrons. The van der Waals surface area contributed by atoms with E-state index in [1.54, 1.807) is 23.5 Å². The highest BCUT2D eigenvalue weighted by molar-refractivity contribution is 7.12. The van der Waals surface area contributed by atoms with Crippen LogP contribution in [0.1, 0.15) is 59.7 Å². The minimum Gasteiger partial charge on any atom is -0.387 e. The molecular weight excluding hydrogens is 399 g/mol. The maximum atomic E-state index is 12.8. The summed E-state index contributed by atoms with van der Waals surface area (Å²) in [5, 5.41) is 16.3. The Labute approximate surface area is 171 Å². The van der Waals surface area contributed by atoms with E-state index < -0.39 is 18.0 Å². The molecule has 0 bridgehead atoms. The molecule has 3 aromatic heterocycles. The number of hydrogen-bond acceptors (Lipinski definition) is 4. The average molecular weight is 424 g/mol. The highest BCUT2D eigenvalue weighted by Gasteiger charge is 2.33. The van der Waals surface area contributed by atoms with E-state index >= 15 is 0 Å². The lowest BCUT2D eigenvalue weighted by Crippen LogP contribution is -2.04. The zero-order valence-corrected chi connectivity index (χ0v) is 17.0. The van der Waals surface area contributed by atoms with Crippen LogP contribution in [0.25, 0.3) is 11.4 Å². The van der Waals surface area contributed by atoms with E-state index in [0.717, 1.165) is 29.3 Å².